The van der Waals surface area contributed by atoms with Gasteiger partial charge in [0, 0.05) is 6.54 Å². The first kappa shape index (κ1) is 22.3. The highest BCUT2D eigenvalue weighted by Gasteiger charge is 2.51. The minimum Gasteiger partial charge on any atom is -0.478 e. The van der Waals surface area contributed by atoms with Crippen LogP contribution in [0.2, 0.25) is 0 Å². The van der Waals surface area contributed by atoms with Crippen molar-refractivity contribution in [2.24, 2.45) is 0 Å². The van der Waals surface area contributed by atoms with Gasteiger partial charge in [0.05, 0.1) is 22.2 Å². The third-order valence-corrected chi connectivity index (χ3v) is 6.72. The number of alkyl halides is 3. The smallest absolute Gasteiger partial charge is 0.416 e. The summed E-state index contributed by atoms with van der Waals surface area (Å²) in [7, 11) is 0. The molecule has 32 heavy (non-hydrogen) atoms. The van der Waals surface area contributed by atoms with Crippen LogP contribution >= 0.6 is 0 Å². The molecule has 5 nitrogen and oxygen atoms in total. The summed E-state index contributed by atoms with van der Waals surface area (Å²) < 4.78 is 38.5. The number of hydrogen-bond donors (Lipinski definition) is 2. The number of carbonyl (C=O) groups excluding carboxylic acids is 1. The van der Waals surface area contributed by atoms with E-state index in [0.717, 1.165) is 42.5 Å². The molecule has 2 aromatic rings. The topological polar surface area (TPSA) is 69.6 Å². The number of amides is 1. The molecule has 0 radical (unpaired) electrons. The van der Waals surface area contributed by atoms with Crippen LogP contribution in [0.3, 0.4) is 0 Å². The maximum atomic E-state index is 13.4. The lowest BCUT2D eigenvalue weighted by Crippen LogP contribution is -2.55. The van der Waals surface area contributed by atoms with Gasteiger partial charge in [0.15, 0.2) is 0 Å². The molecule has 2 aliphatic rings. The first-order valence-corrected chi connectivity index (χ1v) is 10.6. The van der Waals surface area contributed by atoms with Crippen LogP contribution in [0.5, 0.6) is 0 Å². The van der Waals surface area contributed by atoms with Crippen molar-refractivity contribution < 1.29 is 27.9 Å². The van der Waals surface area contributed by atoms with Crippen molar-refractivity contribution >= 4 is 11.9 Å². The molecule has 1 atom stereocenters. The average molecular weight is 446 g/mol. The Morgan fingerprint density at radius 2 is 1.66 bits per heavy atom. The summed E-state index contributed by atoms with van der Waals surface area (Å²) >= 11 is 0. The highest BCUT2D eigenvalue weighted by atomic mass is 19.4. The molecule has 1 aliphatic heterocycles. The lowest BCUT2D eigenvalue weighted by molar-refractivity contribution is -0.137. The van der Waals surface area contributed by atoms with Crippen LogP contribution < -0.4 is 5.32 Å². The van der Waals surface area contributed by atoms with E-state index >= 15 is 0 Å². The number of hydrogen-bond acceptors (Lipinski definition) is 3. The molecule has 0 bridgehead atoms. The molecule has 1 aliphatic carbocycles. The summed E-state index contributed by atoms with van der Waals surface area (Å²) in [6.45, 7) is 2.95. The van der Waals surface area contributed by atoms with Gasteiger partial charge in [-0.05, 0) is 74.5 Å². The van der Waals surface area contributed by atoms with E-state index in [9.17, 15) is 22.8 Å². The Morgan fingerprint density at radius 3 is 2.19 bits per heavy atom. The monoisotopic (exact) mass is 446 g/mol. The molecule has 1 heterocycles. The first-order valence-electron chi connectivity index (χ1n) is 10.6. The predicted octanol–water partition coefficient (Wildman–Crippen LogP) is 4.56. The van der Waals surface area contributed by atoms with Crippen LogP contribution in [0.4, 0.5) is 13.2 Å². The molecular formula is C24H25F3N2O3. The van der Waals surface area contributed by atoms with Gasteiger partial charge in [-0.1, -0.05) is 24.3 Å². The van der Waals surface area contributed by atoms with Gasteiger partial charge in [0.2, 0.25) is 5.91 Å². The fraction of sp³-hybridized carbons (Fsp3) is 0.417. The Labute approximate surface area is 184 Å². The number of carboxylic acid groups (broad SMARTS) is 1. The molecule has 0 aromatic heterocycles. The van der Waals surface area contributed by atoms with E-state index < -0.39 is 28.8 Å². The number of rotatable bonds is 6. The summed E-state index contributed by atoms with van der Waals surface area (Å²) in [5.74, 6) is -1.11. The lowest BCUT2D eigenvalue weighted by atomic mass is 9.94. The van der Waals surface area contributed by atoms with Crippen molar-refractivity contribution in [1.29, 1.82) is 0 Å². The van der Waals surface area contributed by atoms with E-state index in [-0.39, 0.29) is 11.5 Å². The number of benzene rings is 2. The highest BCUT2D eigenvalue weighted by Crippen LogP contribution is 2.46. The van der Waals surface area contributed by atoms with Crippen molar-refractivity contribution in [3.63, 3.8) is 0 Å². The molecular weight excluding hydrogens is 421 g/mol. The Morgan fingerprint density at radius 1 is 1.03 bits per heavy atom. The third kappa shape index (κ3) is 4.24. The van der Waals surface area contributed by atoms with Crippen LogP contribution in [-0.2, 0) is 23.1 Å². The van der Waals surface area contributed by atoms with Crippen molar-refractivity contribution in [2.45, 2.75) is 56.4 Å². The summed E-state index contributed by atoms with van der Waals surface area (Å²) in [6.07, 6.45) is -1.33. The summed E-state index contributed by atoms with van der Waals surface area (Å²) in [4.78, 5) is 26.5. The highest BCUT2D eigenvalue weighted by molar-refractivity contribution is 5.88. The van der Waals surface area contributed by atoms with Crippen molar-refractivity contribution in [1.82, 2.24) is 10.2 Å². The summed E-state index contributed by atoms with van der Waals surface area (Å²) in [5.41, 5.74) is -0.135. The van der Waals surface area contributed by atoms with Crippen molar-refractivity contribution in [3.05, 3.63) is 70.8 Å². The van der Waals surface area contributed by atoms with Gasteiger partial charge in [-0.3, -0.25) is 9.69 Å². The maximum absolute atomic E-state index is 13.4. The summed E-state index contributed by atoms with van der Waals surface area (Å²) in [5, 5.41) is 12.3. The van der Waals surface area contributed by atoms with Gasteiger partial charge in [-0.25, -0.2) is 4.79 Å². The maximum Gasteiger partial charge on any atom is 0.416 e. The van der Waals surface area contributed by atoms with Crippen LogP contribution in [-0.4, -0.2) is 34.0 Å². The number of aromatic carboxylic acids is 1. The van der Waals surface area contributed by atoms with Gasteiger partial charge in [0.25, 0.3) is 0 Å². The minimum atomic E-state index is -4.37. The second-order valence-electron chi connectivity index (χ2n) is 8.91. The van der Waals surface area contributed by atoms with Gasteiger partial charge in [0.1, 0.15) is 0 Å². The third-order valence-electron chi connectivity index (χ3n) is 6.72. The molecule has 2 N–H and O–H groups in total. The number of nitrogens with one attached hydrogen (secondary N) is 1. The second kappa shape index (κ2) is 7.92. The average Bonchev–Trinajstić information content (AvgIpc) is 3.44. The van der Waals surface area contributed by atoms with Crippen molar-refractivity contribution in [2.75, 3.05) is 6.54 Å². The molecule has 1 amide bonds. The van der Waals surface area contributed by atoms with E-state index in [1.807, 2.05) is 11.8 Å². The SMILES string of the molecule is C[C@]1(C(=O)NC2(c3ccc(C(=O)O)cc3)CC2)CCCN1Cc1ccc(C(F)(F)F)cc1. The molecule has 1 saturated carbocycles. The molecule has 2 fully saturated rings. The van der Waals surface area contributed by atoms with Gasteiger partial charge in [-0.2, -0.15) is 13.2 Å². The van der Waals surface area contributed by atoms with E-state index in [0.29, 0.717) is 19.5 Å². The Hall–Kier alpha value is -2.87. The molecule has 1 saturated heterocycles. The molecule has 4 rings (SSSR count). The number of nitrogens with zero attached hydrogens (tertiary/aromatic N) is 1. The Bertz CT molecular complexity index is 1010. The zero-order valence-electron chi connectivity index (χ0n) is 17.7. The Kier molecular flexibility index (Phi) is 5.53. The fourth-order valence-electron chi connectivity index (χ4n) is 4.44. The number of likely N-dealkylation sites (tertiary alicyclic amines) is 1. The fourth-order valence-corrected chi connectivity index (χ4v) is 4.44. The molecule has 0 unspecified atom stereocenters. The predicted molar refractivity (Wildman–Crippen MR) is 112 cm³/mol. The zero-order chi connectivity index (χ0) is 23.1. The van der Waals surface area contributed by atoms with E-state index in [1.165, 1.54) is 24.3 Å². The van der Waals surface area contributed by atoms with Crippen LogP contribution in [0.25, 0.3) is 0 Å². The molecule has 0 spiro atoms. The quantitative estimate of drug-likeness (QED) is 0.683. The largest absolute Gasteiger partial charge is 0.478 e. The number of carboxylic acids is 1. The number of halogens is 3. The first-order chi connectivity index (χ1) is 15.0. The molecule has 2 aromatic carbocycles. The van der Waals surface area contributed by atoms with E-state index in [4.69, 9.17) is 5.11 Å². The second-order valence-corrected chi connectivity index (χ2v) is 8.91. The summed E-state index contributed by atoms with van der Waals surface area (Å²) in [6, 6.07) is 11.6. The zero-order valence-corrected chi connectivity index (χ0v) is 17.7. The normalized spacial score (nSPS) is 22.5. The number of carbonyl (C=O) groups is 2. The molecule has 8 heteroatoms. The van der Waals surface area contributed by atoms with E-state index in [1.54, 1.807) is 12.1 Å². The van der Waals surface area contributed by atoms with Gasteiger partial charge in [-0.15, -0.1) is 0 Å². The van der Waals surface area contributed by atoms with Crippen LogP contribution in [0.15, 0.2) is 48.5 Å². The van der Waals surface area contributed by atoms with Crippen molar-refractivity contribution in [3.8, 4) is 0 Å². The van der Waals surface area contributed by atoms with Crippen LogP contribution in [0, 0.1) is 0 Å². The van der Waals surface area contributed by atoms with Gasteiger partial charge >= 0.3 is 12.1 Å². The Balaban J connectivity index is 1.47. The van der Waals surface area contributed by atoms with E-state index in [2.05, 4.69) is 5.32 Å². The lowest BCUT2D eigenvalue weighted by Gasteiger charge is -2.35. The van der Waals surface area contributed by atoms with Gasteiger partial charge < -0.3 is 10.4 Å². The molecule has 170 valence electrons. The standard InChI is InChI=1S/C24H25F3N2O3/c1-22(11-2-14-29(22)15-16-3-7-19(8-4-16)24(25,26)27)21(32)28-23(12-13-23)18-9-5-17(6-10-18)20(30)31/h3-10H,2,11-15H2,1H3,(H,28,32)(H,30,31)/t22-/m1/s1. The minimum absolute atomic E-state index is 0.110. The van der Waals surface area contributed by atoms with Crippen LogP contribution in [0.1, 0.15) is 59.7 Å².